The topological polar surface area (TPSA) is 64.6 Å². The van der Waals surface area contributed by atoms with Crippen molar-refractivity contribution in [3.63, 3.8) is 0 Å². The number of nitrogens with one attached hydrogen (secondary N) is 1. The van der Waals surface area contributed by atoms with Crippen molar-refractivity contribution in [2.75, 3.05) is 5.32 Å². The van der Waals surface area contributed by atoms with Crippen molar-refractivity contribution < 1.29 is 27.8 Å². The molecule has 2 rings (SSSR count). The standard InChI is InChI=1S/C17H15F2NO4/c1-11(21)20-13-4-8-14(9-5-13)23-16(22)10-12-2-6-15(7-3-12)24-17(18)19/h2-9,17H,10H2,1H3,(H,20,21). The van der Waals surface area contributed by atoms with Gasteiger partial charge in [0.25, 0.3) is 0 Å². The first kappa shape index (κ1) is 17.4. The maximum atomic E-state index is 12.1. The molecule has 126 valence electrons. The van der Waals surface area contributed by atoms with Gasteiger partial charge in [-0.25, -0.2) is 0 Å². The lowest BCUT2D eigenvalue weighted by atomic mass is 10.1. The fourth-order valence-corrected chi connectivity index (χ4v) is 1.93. The number of benzene rings is 2. The highest BCUT2D eigenvalue weighted by molar-refractivity contribution is 5.88. The molecule has 0 spiro atoms. The van der Waals surface area contributed by atoms with Crippen LogP contribution in [0.4, 0.5) is 14.5 Å². The second kappa shape index (κ2) is 8.05. The number of alkyl halides is 2. The van der Waals surface area contributed by atoms with Crippen molar-refractivity contribution in [3.8, 4) is 11.5 Å². The molecule has 2 aromatic rings. The summed E-state index contributed by atoms with van der Waals surface area (Å²) in [5.74, 6) is -0.328. The summed E-state index contributed by atoms with van der Waals surface area (Å²) in [7, 11) is 0. The number of anilines is 1. The average molecular weight is 335 g/mol. The van der Waals surface area contributed by atoms with Gasteiger partial charge in [0.05, 0.1) is 6.42 Å². The van der Waals surface area contributed by atoms with E-state index in [4.69, 9.17) is 4.74 Å². The van der Waals surface area contributed by atoms with Crippen LogP contribution in [0.2, 0.25) is 0 Å². The Labute approximate surface area is 137 Å². The zero-order chi connectivity index (χ0) is 17.5. The lowest BCUT2D eigenvalue weighted by Crippen LogP contribution is -2.11. The van der Waals surface area contributed by atoms with Crippen LogP contribution in [0, 0.1) is 0 Å². The molecule has 1 amide bonds. The Bertz CT molecular complexity index is 700. The molecule has 0 heterocycles. The van der Waals surface area contributed by atoms with Crippen LogP contribution in [0.5, 0.6) is 11.5 Å². The minimum absolute atomic E-state index is 0.0115. The number of amides is 1. The van der Waals surface area contributed by atoms with Gasteiger partial charge in [0, 0.05) is 12.6 Å². The Morgan fingerprint density at radius 1 is 1.00 bits per heavy atom. The van der Waals surface area contributed by atoms with Gasteiger partial charge in [-0.15, -0.1) is 0 Å². The van der Waals surface area contributed by atoms with E-state index in [-0.39, 0.29) is 18.1 Å². The van der Waals surface area contributed by atoms with Gasteiger partial charge in [0.2, 0.25) is 5.91 Å². The van der Waals surface area contributed by atoms with Crippen molar-refractivity contribution in [3.05, 3.63) is 54.1 Å². The quantitative estimate of drug-likeness (QED) is 0.649. The first-order valence-corrected chi connectivity index (χ1v) is 7.04. The summed E-state index contributed by atoms with van der Waals surface area (Å²) in [6.45, 7) is -1.49. The van der Waals surface area contributed by atoms with E-state index in [1.165, 1.54) is 31.2 Å². The largest absolute Gasteiger partial charge is 0.435 e. The third kappa shape index (κ3) is 5.68. The van der Waals surface area contributed by atoms with Crippen LogP contribution in [-0.4, -0.2) is 18.5 Å². The average Bonchev–Trinajstić information content (AvgIpc) is 2.50. The third-order valence-corrected chi connectivity index (χ3v) is 2.90. The molecule has 5 nitrogen and oxygen atoms in total. The molecular weight excluding hydrogens is 320 g/mol. The van der Waals surface area contributed by atoms with Gasteiger partial charge < -0.3 is 14.8 Å². The van der Waals surface area contributed by atoms with Crippen molar-refractivity contribution in [2.45, 2.75) is 20.0 Å². The molecule has 0 saturated heterocycles. The fourth-order valence-electron chi connectivity index (χ4n) is 1.93. The number of esters is 1. The molecule has 24 heavy (non-hydrogen) atoms. The summed E-state index contributed by atoms with van der Waals surface area (Å²) >= 11 is 0. The molecule has 0 aromatic heterocycles. The number of hydrogen-bond donors (Lipinski definition) is 1. The van der Waals surface area contributed by atoms with Gasteiger partial charge in [-0.2, -0.15) is 8.78 Å². The van der Waals surface area contributed by atoms with Gasteiger partial charge in [-0.1, -0.05) is 12.1 Å². The van der Waals surface area contributed by atoms with Crippen LogP contribution < -0.4 is 14.8 Å². The monoisotopic (exact) mass is 335 g/mol. The highest BCUT2D eigenvalue weighted by Gasteiger charge is 2.08. The molecule has 0 aliphatic carbocycles. The molecule has 1 N–H and O–H groups in total. The van der Waals surface area contributed by atoms with Crippen LogP contribution in [0.15, 0.2) is 48.5 Å². The van der Waals surface area contributed by atoms with Gasteiger partial charge in [0.15, 0.2) is 0 Å². The van der Waals surface area contributed by atoms with Crippen LogP contribution in [0.1, 0.15) is 12.5 Å². The van der Waals surface area contributed by atoms with Crippen molar-refractivity contribution in [2.24, 2.45) is 0 Å². The molecule has 0 saturated carbocycles. The van der Waals surface area contributed by atoms with E-state index in [1.54, 1.807) is 24.3 Å². The maximum Gasteiger partial charge on any atom is 0.387 e. The molecule has 0 unspecified atom stereocenters. The molecule has 0 aliphatic rings. The highest BCUT2D eigenvalue weighted by Crippen LogP contribution is 2.18. The third-order valence-electron chi connectivity index (χ3n) is 2.90. The van der Waals surface area contributed by atoms with Crippen molar-refractivity contribution in [1.29, 1.82) is 0 Å². The number of hydrogen-bond acceptors (Lipinski definition) is 4. The Balaban J connectivity index is 1.89. The molecule has 0 bridgehead atoms. The molecule has 0 radical (unpaired) electrons. The second-order valence-electron chi connectivity index (χ2n) is 4.88. The van der Waals surface area contributed by atoms with Gasteiger partial charge >= 0.3 is 12.6 Å². The van der Waals surface area contributed by atoms with Gasteiger partial charge in [-0.05, 0) is 42.0 Å². The van der Waals surface area contributed by atoms with Crippen LogP contribution in [-0.2, 0) is 16.0 Å². The molecule has 2 aromatic carbocycles. The zero-order valence-corrected chi connectivity index (χ0v) is 12.8. The summed E-state index contributed by atoms with van der Waals surface area (Å²) in [5.41, 5.74) is 1.20. The lowest BCUT2D eigenvalue weighted by molar-refractivity contribution is -0.133. The minimum Gasteiger partial charge on any atom is -0.435 e. The maximum absolute atomic E-state index is 12.1. The Hall–Kier alpha value is -2.96. The first-order valence-electron chi connectivity index (χ1n) is 7.04. The predicted octanol–water partition coefficient (Wildman–Crippen LogP) is 3.39. The van der Waals surface area contributed by atoms with Crippen molar-refractivity contribution >= 4 is 17.6 Å². The minimum atomic E-state index is -2.89. The summed E-state index contributed by atoms with van der Waals surface area (Å²) in [5, 5.41) is 2.60. The van der Waals surface area contributed by atoms with E-state index >= 15 is 0 Å². The van der Waals surface area contributed by atoms with E-state index in [0.29, 0.717) is 17.0 Å². The fraction of sp³-hybridized carbons (Fsp3) is 0.176. The van der Waals surface area contributed by atoms with Crippen molar-refractivity contribution in [1.82, 2.24) is 0 Å². The molecular formula is C17H15F2NO4. The molecule has 0 fully saturated rings. The van der Waals surface area contributed by atoms with Crippen LogP contribution >= 0.6 is 0 Å². The summed E-state index contributed by atoms with van der Waals surface area (Å²) in [6.07, 6.45) is -0.0115. The Morgan fingerprint density at radius 3 is 2.12 bits per heavy atom. The SMILES string of the molecule is CC(=O)Nc1ccc(OC(=O)Cc2ccc(OC(F)F)cc2)cc1. The highest BCUT2D eigenvalue weighted by atomic mass is 19.3. The van der Waals surface area contributed by atoms with Crippen LogP contribution in [0.3, 0.4) is 0 Å². The van der Waals surface area contributed by atoms with E-state index in [9.17, 15) is 18.4 Å². The van der Waals surface area contributed by atoms with E-state index in [1.807, 2.05) is 0 Å². The number of carbonyl (C=O) groups excluding carboxylic acids is 2. The Kier molecular flexibility index (Phi) is 5.83. The lowest BCUT2D eigenvalue weighted by Gasteiger charge is -2.07. The summed E-state index contributed by atoms with van der Waals surface area (Å²) in [6, 6.07) is 12.1. The molecule has 0 aliphatic heterocycles. The van der Waals surface area contributed by atoms with Gasteiger partial charge in [-0.3, -0.25) is 9.59 Å². The number of ether oxygens (including phenoxy) is 2. The predicted molar refractivity (Wildman–Crippen MR) is 83.2 cm³/mol. The molecule has 7 heteroatoms. The Morgan fingerprint density at radius 2 is 1.58 bits per heavy atom. The van der Waals surface area contributed by atoms with E-state index < -0.39 is 12.6 Å². The van der Waals surface area contributed by atoms with Gasteiger partial charge in [0.1, 0.15) is 11.5 Å². The van der Waals surface area contributed by atoms with E-state index in [2.05, 4.69) is 10.1 Å². The number of halogens is 2. The smallest absolute Gasteiger partial charge is 0.387 e. The summed E-state index contributed by atoms with van der Waals surface area (Å²) in [4.78, 5) is 22.8. The first-order chi connectivity index (χ1) is 11.4. The zero-order valence-electron chi connectivity index (χ0n) is 12.8. The second-order valence-corrected chi connectivity index (χ2v) is 4.88. The number of rotatable bonds is 6. The van der Waals surface area contributed by atoms with Crippen LogP contribution in [0.25, 0.3) is 0 Å². The normalized spacial score (nSPS) is 10.3. The molecule has 0 atom stereocenters. The summed E-state index contributed by atoms with van der Waals surface area (Å²) < 4.78 is 33.5. The number of carbonyl (C=O) groups is 2. The van der Waals surface area contributed by atoms with E-state index in [0.717, 1.165) is 0 Å².